The van der Waals surface area contributed by atoms with Gasteiger partial charge < -0.3 is 14.9 Å². The number of hydrogen-bond acceptors (Lipinski definition) is 7. The lowest BCUT2D eigenvalue weighted by atomic mass is 9.96. The number of benzene rings is 2. The molecule has 12 heteroatoms. The van der Waals surface area contributed by atoms with Crippen molar-refractivity contribution in [2.24, 2.45) is 0 Å². The lowest BCUT2D eigenvalue weighted by Gasteiger charge is -2.22. The molecular weight excluding hydrogens is 571 g/mol. The minimum Gasteiger partial charge on any atom is -0.490 e. The Kier molecular flexibility index (Phi) is 11.1. The number of likely N-dealkylation sites (tertiary alicyclic amines) is 1. The number of ether oxygens (including phenoxy) is 1. The zero-order valence-corrected chi connectivity index (χ0v) is 24.3. The first-order chi connectivity index (χ1) is 19.8. The lowest BCUT2D eigenvalue weighted by molar-refractivity contribution is -0.192. The van der Waals surface area contributed by atoms with Crippen molar-refractivity contribution in [3.8, 4) is 32.8 Å². The molecule has 1 saturated heterocycles. The number of aliphatic carboxylic acids is 2. The van der Waals surface area contributed by atoms with Crippen molar-refractivity contribution >= 4 is 23.3 Å². The SMILES string of the molecule is CCc1c(CCN2CCC[C@H]2C(=O)O)cccc1-c1cnc(-c2ccc(OC(C)C)c(C#N)c2)s1.O=C(O)C(F)(F)F. The first-order valence-electron chi connectivity index (χ1n) is 13.4. The Hall–Kier alpha value is -3.95. The van der Waals surface area contributed by atoms with Crippen LogP contribution in [0.15, 0.2) is 42.6 Å². The van der Waals surface area contributed by atoms with E-state index in [9.17, 15) is 28.3 Å². The zero-order chi connectivity index (χ0) is 31.0. The van der Waals surface area contributed by atoms with Gasteiger partial charge in [0.1, 0.15) is 22.9 Å². The number of alkyl halides is 3. The van der Waals surface area contributed by atoms with Crippen LogP contribution in [0.2, 0.25) is 0 Å². The molecule has 42 heavy (non-hydrogen) atoms. The molecule has 2 heterocycles. The van der Waals surface area contributed by atoms with Crippen molar-refractivity contribution in [3.63, 3.8) is 0 Å². The van der Waals surface area contributed by atoms with Crippen LogP contribution < -0.4 is 4.74 Å². The standard InChI is InChI=1S/C28H31N3O3S.C2HF3O2/c1-4-22-19(12-14-31-13-6-9-24(31)28(32)33)7-5-8-23(22)26-17-30-27(35-26)20-10-11-25(34-18(2)3)21(15-20)16-29;3-2(4,5)1(6)7/h5,7-8,10-11,15,17-18,24H,4,6,9,12-14H2,1-3H3,(H,32,33);(H,6,7)/t24-;/m0./s1. The maximum atomic E-state index is 11.5. The van der Waals surface area contributed by atoms with Gasteiger partial charge in [-0.1, -0.05) is 25.1 Å². The Labute approximate surface area is 246 Å². The summed E-state index contributed by atoms with van der Waals surface area (Å²) in [5.41, 5.74) is 5.12. The summed E-state index contributed by atoms with van der Waals surface area (Å²) in [4.78, 5) is 28.3. The topological polar surface area (TPSA) is 124 Å². The van der Waals surface area contributed by atoms with E-state index in [4.69, 9.17) is 14.6 Å². The summed E-state index contributed by atoms with van der Waals surface area (Å²) in [6.45, 7) is 7.65. The van der Waals surface area contributed by atoms with Gasteiger partial charge in [0.25, 0.3) is 0 Å². The van der Waals surface area contributed by atoms with Crippen LogP contribution in [0.3, 0.4) is 0 Å². The first-order valence-corrected chi connectivity index (χ1v) is 14.2. The summed E-state index contributed by atoms with van der Waals surface area (Å²) in [5.74, 6) is -2.88. The number of carboxylic acids is 2. The second kappa shape index (κ2) is 14.3. The van der Waals surface area contributed by atoms with E-state index in [1.54, 1.807) is 11.3 Å². The fourth-order valence-electron chi connectivity index (χ4n) is 4.79. The fourth-order valence-corrected chi connectivity index (χ4v) is 5.76. The average molecular weight is 604 g/mol. The summed E-state index contributed by atoms with van der Waals surface area (Å²) < 4.78 is 37.5. The Bertz CT molecular complexity index is 1450. The van der Waals surface area contributed by atoms with Crippen LogP contribution in [-0.2, 0) is 22.4 Å². The zero-order valence-electron chi connectivity index (χ0n) is 23.4. The van der Waals surface area contributed by atoms with Gasteiger partial charge in [-0.3, -0.25) is 9.69 Å². The number of hydrogen-bond donors (Lipinski definition) is 2. The van der Waals surface area contributed by atoms with E-state index in [0.29, 0.717) is 11.3 Å². The van der Waals surface area contributed by atoms with Crippen LogP contribution in [0.5, 0.6) is 5.75 Å². The molecule has 4 rings (SSSR count). The predicted molar refractivity (Wildman–Crippen MR) is 152 cm³/mol. The lowest BCUT2D eigenvalue weighted by Crippen LogP contribution is -2.37. The number of aromatic nitrogens is 1. The van der Waals surface area contributed by atoms with Crippen molar-refractivity contribution in [2.75, 3.05) is 13.1 Å². The van der Waals surface area contributed by atoms with Gasteiger partial charge in [-0.2, -0.15) is 18.4 Å². The Balaban J connectivity index is 0.000000616. The molecule has 1 atom stereocenters. The quantitative estimate of drug-likeness (QED) is 0.287. The number of rotatable bonds is 9. The minimum atomic E-state index is -5.08. The van der Waals surface area contributed by atoms with Crippen molar-refractivity contribution in [2.45, 2.75) is 64.8 Å². The summed E-state index contributed by atoms with van der Waals surface area (Å²) in [6, 6.07) is 13.9. The number of nitrogens with zero attached hydrogens (tertiary/aromatic N) is 3. The number of nitriles is 1. The number of carbonyl (C=O) groups is 2. The molecular formula is C30H32F3N3O5S. The molecule has 1 aliphatic heterocycles. The van der Waals surface area contributed by atoms with Gasteiger partial charge in [0.15, 0.2) is 0 Å². The molecule has 0 bridgehead atoms. The van der Waals surface area contributed by atoms with Crippen molar-refractivity contribution in [3.05, 3.63) is 59.3 Å². The second-order valence-corrected chi connectivity index (χ2v) is 10.9. The maximum absolute atomic E-state index is 11.5. The molecule has 1 aromatic heterocycles. The smallest absolute Gasteiger partial charge is 0.490 e. The Morgan fingerprint density at radius 1 is 1.24 bits per heavy atom. The highest BCUT2D eigenvalue weighted by molar-refractivity contribution is 7.18. The fraction of sp³-hybridized carbons (Fsp3) is 0.400. The van der Waals surface area contributed by atoms with E-state index in [2.05, 4.69) is 41.1 Å². The first kappa shape index (κ1) is 32.6. The van der Waals surface area contributed by atoms with E-state index >= 15 is 0 Å². The van der Waals surface area contributed by atoms with Crippen LogP contribution in [0.1, 0.15) is 50.3 Å². The molecule has 0 unspecified atom stereocenters. The third-order valence-corrected chi connectivity index (χ3v) is 7.75. The van der Waals surface area contributed by atoms with E-state index < -0.39 is 18.1 Å². The van der Waals surface area contributed by atoms with E-state index in [0.717, 1.165) is 54.2 Å². The molecule has 0 radical (unpaired) electrons. The molecule has 0 aliphatic carbocycles. The maximum Gasteiger partial charge on any atom is 0.490 e. The number of thiazole rings is 1. The van der Waals surface area contributed by atoms with E-state index in [-0.39, 0.29) is 12.1 Å². The molecule has 0 amide bonds. The summed E-state index contributed by atoms with van der Waals surface area (Å²) in [5, 5.41) is 27.1. The largest absolute Gasteiger partial charge is 0.490 e. The van der Waals surface area contributed by atoms with Crippen molar-refractivity contribution in [1.82, 2.24) is 9.88 Å². The van der Waals surface area contributed by atoms with Crippen LogP contribution in [0, 0.1) is 11.3 Å². The monoisotopic (exact) mass is 603 g/mol. The Morgan fingerprint density at radius 2 is 1.95 bits per heavy atom. The molecule has 2 aromatic carbocycles. The number of carboxylic acid groups (broad SMARTS) is 2. The third kappa shape index (κ3) is 8.30. The molecule has 0 spiro atoms. The summed E-state index contributed by atoms with van der Waals surface area (Å²) in [6.07, 6.45) is 0.219. The van der Waals surface area contributed by atoms with Gasteiger partial charge in [0.05, 0.1) is 16.5 Å². The van der Waals surface area contributed by atoms with Crippen molar-refractivity contribution in [1.29, 1.82) is 5.26 Å². The number of halogens is 3. The molecule has 3 aromatic rings. The highest BCUT2D eigenvalue weighted by Gasteiger charge is 2.38. The molecule has 2 N–H and O–H groups in total. The van der Waals surface area contributed by atoms with E-state index in [1.165, 1.54) is 16.7 Å². The van der Waals surface area contributed by atoms with Gasteiger partial charge >= 0.3 is 18.1 Å². The molecule has 8 nitrogen and oxygen atoms in total. The van der Waals surface area contributed by atoms with Gasteiger partial charge in [-0.15, -0.1) is 11.3 Å². The van der Waals surface area contributed by atoms with Gasteiger partial charge in [-0.25, -0.2) is 9.78 Å². The highest BCUT2D eigenvalue weighted by atomic mass is 32.1. The van der Waals surface area contributed by atoms with Gasteiger partial charge in [0.2, 0.25) is 0 Å². The van der Waals surface area contributed by atoms with Gasteiger partial charge in [0, 0.05) is 18.3 Å². The summed E-state index contributed by atoms with van der Waals surface area (Å²) in [7, 11) is 0. The van der Waals surface area contributed by atoms with Crippen LogP contribution >= 0.6 is 11.3 Å². The summed E-state index contributed by atoms with van der Waals surface area (Å²) >= 11 is 1.61. The molecule has 0 saturated carbocycles. The van der Waals surface area contributed by atoms with E-state index in [1.807, 2.05) is 38.2 Å². The van der Waals surface area contributed by atoms with Crippen molar-refractivity contribution < 1.29 is 37.7 Å². The molecule has 1 fully saturated rings. The normalized spacial score (nSPS) is 15.1. The van der Waals surface area contributed by atoms with Gasteiger partial charge in [-0.05, 0) is 81.0 Å². The van der Waals surface area contributed by atoms with Crippen LogP contribution in [0.25, 0.3) is 21.0 Å². The predicted octanol–water partition coefficient (Wildman–Crippen LogP) is 6.42. The molecule has 224 valence electrons. The second-order valence-electron chi connectivity index (χ2n) is 9.90. The highest BCUT2D eigenvalue weighted by Crippen LogP contribution is 2.37. The molecule has 1 aliphatic rings. The van der Waals surface area contributed by atoms with Crippen LogP contribution in [-0.4, -0.2) is 63.4 Å². The minimum absolute atomic E-state index is 0.000335. The Morgan fingerprint density at radius 3 is 2.55 bits per heavy atom. The average Bonchev–Trinajstić information content (AvgIpc) is 3.62. The third-order valence-electron chi connectivity index (χ3n) is 6.67. The van der Waals surface area contributed by atoms with Crippen LogP contribution in [0.4, 0.5) is 13.2 Å².